The van der Waals surface area contributed by atoms with Gasteiger partial charge in [0.15, 0.2) is 10.8 Å². The van der Waals surface area contributed by atoms with Crippen molar-refractivity contribution in [1.82, 2.24) is 20.0 Å². The summed E-state index contributed by atoms with van der Waals surface area (Å²) in [6.45, 7) is 0. The van der Waals surface area contributed by atoms with E-state index in [2.05, 4.69) is 20.6 Å². The van der Waals surface area contributed by atoms with Crippen molar-refractivity contribution in [2.24, 2.45) is 12.8 Å². The van der Waals surface area contributed by atoms with Gasteiger partial charge in [0.25, 0.3) is 11.8 Å². The molecule has 2 rings (SSSR count). The van der Waals surface area contributed by atoms with Crippen LogP contribution in [0.15, 0.2) is 11.6 Å². The van der Waals surface area contributed by atoms with Crippen LogP contribution in [0.4, 0.5) is 5.13 Å². The monoisotopic (exact) mass is 252 g/mol. The Labute approximate surface area is 99.5 Å². The van der Waals surface area contributed by atoms with E-state index in [0.29, 0.717) is 0 Å². The van der Waals surface area contributed by atoms with Gasteiger partial charge in [0, 0.05) is 12.4 Å². The van der Waals surface area contributed by atoms with Gasteiger partial charge in [-0.2, -0.15) is 0 Å². The molecule has 0 bridgehead atoms. The van der Waals surface area contributed by atoms with Gasteiger partial charge in [-0.1, -0.05) is 5.21 Å². The molecule has 0 unspecified atom stereocenters. The fraction of sp³-hybridized carbons (Fsp3) is 0.125. The van der Waals surface area contributed by atoms with E-state index < -0.39 is 11.8 Å². The zero-order valence-electron chi connectivity index (χ0n) is 8.75. The molecule has 0 saturated heterocycles. The molecular formula is C8H8N6O2S. The highest BCUT2D eigenvalue weighted by atomic mass is 32.1. The topological polar surface area (TPSA) is 116 Å². The second kappa shape index (κ2) is 4.29. The van der Waals surface area contributed by atoms with Crippen LogP contribution in [0.2, 0.25) is 0 Å². The number of hydrogen-bond acceptors (Lipinski definition) is 6. The maximum Gasteiger partial charge on any atom is 0.279 e. The molecule has 0 atom stereocenters. The summed E-state index contributed by atoms with van der Waals surface area (Å²) in [6.07, 6.45) is 1.47. The minimum Gasteiger partial charge on any atom is -0.364 e. The number of carbonyl (C=O) groups is 2. The molecule has 3 N–H and O–H groups in total. The summed E-state index contributed by atoms with van der Waals surface area (Å²) in [5.74, 6) is -1.08. The fourth-order valence-electron chi connectivity index (χ4n) is 1.06. The Hall–Kier alpha value is -2.29. The first-order valence-corrected chi connectivity index (χ1v) is 5.37. The van der Waals surface area contributed by atoms with Crippen LogP contribution in [0.25, 0.3) is 0 Å². The molecular weight excluding hydrogens is 244 g/mol. The largest absolute Gasteiger partial charge is 0.364 e. The van der Waals surface area contributed by atoms with Crippen molar-refractivity contribution >= 4 is 28.3 Å². The van der Waals surface area contributed by atoms with Crippen molar-refractivity contribution in [2.45, 2.75) is 0 Å². The highest BCUT2D eigenvalue weighted by Gasteiger charge is 2.13. The van der Waals surface area contributed by atoms with Crippen LogP contribution in [0.5, 0.6) is 0 Å². The minimum atomic E-state index is -0.638. The number of primary amides is 1. The smallest absolute Gasteiger partial charge is 0.279 e. The first kappa shape index (κ1) is 11.2. The van der Waals surface area contributed by atoms with Crippen molar-refractivity contribution in [3.8, 4) is 0 Å². The van der Waals surface area contributed by atoms with Crippen LogP contribution in [-0.2, 0) is 7.05 Å². The predicted molar refractivity (Wildman–Crippen MR) is 59.6 cm³/mol. The average Bonchev–Trinajstić information content (AvgIpc) is 2.86. The highest BCUT2D eigenvalue weighted by molar-refractivity contribution is 7.14. The Bertz CT molecular complexity index is 574. The summed E-state index contributed by atoms with van der Waals surface area (Å²) in [4.78, 5) is 26.3. The van der Waals surface area contributed by atoms with Gasteiger partial charge >= 0.3 is 0 Å². The Morgan fingerprint density at radius 1 is 1.47 bits per heavy atom. The van der Waals surface area contributed by atoms with E-state index in [-0.39, 0.29) is 16.5 Å². The quantitative estimate of drug-likeness (QED) is 0.772. The molecule has 17 heavy (non-hydrogen) atoms. The fourth-order valence-corrected chi connectivity index (χ4v) is 1.75. The molecule has 2 amide bonds. The van der Waals surface area contributed by atoms with Crippen molar-refractivity contribution in [1.29, 1.82) is 0 Å². The van der Waals surface area contributed by atoms with Gasteiger partial charge in [-0.25, -0.2) is 4.98 Å². The summed E-state index contributed by atoms with van der Waals surface area (Å²) in [6, 6.07) is 0. The number of thiazole rings is 1. The molecule has 2 heterocycles. The standard InChI is InChI=1S/C8H8N6O2S/c1-14-2-4(12-13-14)7(16)11-8-10-5(3-17-8)6(9)15/h2-3H,1H3,(H2,9,15)(H,10,11,16). The molecule has 0 fully saturated rings. The van der Waals surface area contributed by atoms with E-state index >= 15 is 0 Å². The Balaban J connectivity index is 2.10. The third kappa shape index (κ3) is 2.45. The summed E-state index contributed by atoms with van der Waals surface area (Å²) in [5.41, 5.74) is 5.32. The Morgan fingerprint density at radius 2 is 2.24 bits per heavy atom. The molecule has 2 aromatic rings. The minimum absolute atomic E-state index is 0.115. The zero-order valence-corrected chi connectivity index (χ0v) is 9.56. The highest BCUT2D eigenvalue weighted by Crippen LogP contribution is 2.15. The van der Waals surface area contributed by atoms with Crippen LogP contribution in [-0.4, -0.2) is 31.8 Å². The number of nitrogens with one attached hydrogen (secondary N) is 1. The van der Waals surface area contributed by atoms with Crippen LogP contribution in [0, 0.1) is 0 Å². The molecule has 0 spiro atoms. The second-order valence-corrected chi connectivity index (χ2v) is 3.99. The molecule has 0 aliphatic rings. The first-order valence-electron chi connectivity index (χ1n) is 4.49. The second-order valence-electron chi connectivity index (χ2n) is 3.13. The zero-order chi connectivity index (χ0) is 12.4. The third-order valence-corrected chi connectivity index (χ3v) is 2.57. The van der Waals surface area contributed by atoms with Gasteiger partial charge in [-0.3, -0.25) is 19.6 Å². The van der Waals surface area contributed by atoms with Gasteiger partial charge < -0.3 is 5.73 Å². The molecule has 9 heteroatoms. The average molecular weight is 252 g/mol. The molecule has 0 aliphatic carbocycles. The van der Waals surface area contributed by atoms with Gasteiger partial charge in [0.2, 0.25) is 0 Å². The van der Waals surface area contributed by atoms with Crippen molar-refractivity contribution < 1.29 is 9.59 Å². The van der Waals surface area contributed by atoms with E-state index in [1.54, 1.807) is 7.05 Å². The summed E-state index contributed by atoms with van der Waals surface area (Å²) in [5, 5.41) is 11.5. The van der Waals surface area contributed by atoms with Gasteiger partial charge in [0.05, 0.1) is 6.20 Å². The number of rotatable bonds is 3. The number of nitrogens with two attached hydrogens (primary N) is 1. The molecule has 2 aromatic heterocycles. The molecule has 8 nitrogen and oxygen atoms in total. The SMILES string of the molecule is Cn1cc(C(=O)Nc2nc(C(N)=O)cs2)nn1. The molecule has 0 radical (unpaired) electrons. The number of amides is 2. The summed E-state index contributed by atoms with van der Waals surface area (Å²) in [7, 11) is 1.65. The number of carbonyl (C=O) groups excluding carboxylic acids is 2. The van der Waals surface area contributed by atoms with E-state index in [0.717, 1.165) is 11.3 Å². The van der Waals surface area contributed by atoms with E-state index in [9.17, 15) is 9.59 Å². The van der Waals surface area contributed by atoms with Crippen LogP contribution >= 0.6 is 11.3 Å². The molecule has 0 aromatic carbocycles. The van der Waals surface area contributed by atoms with Crippen LogP contribution in [0.1, 0.15) is 21.0 Å². The van der Waals surface area contributed by atoms with Crippen molar-refractivity contribution in [2.75, 3.05) is 5.32 Å². The lowest BCUT2D eigenvalue weighted by Crippen LogP contribution is -2.14. The van der Waals surface area contributed by atoms with Crippen LogP contribution in [0.3, 0.4) is 0 Å². The number of hydrogen-bond donors (Lipinski definition) is 2. The Morgan fingerprint density at radius 3 is 2.76 bits per heavy atom. The number of anilines is 1. The lowest BCUT2D eigenvalue weighted by Gasteiger charge is -1.95. The van der Waals surface area contributed by atoms with Gasteiger partial charge in [-0.15, -0.1) is 16.4 Å². The number of aryl methyl sites for hydroxylation is 1. The third-order valence-electron chi connectivity index (χ3n) is 1.81. The lowest BCUT2D eigenvalue weighted by atomic mass is 10.4. The predicted octanol–water partition coefficient (Wildman–Crippen LogP) is -0.377. The lowest BCUT2D eigenvalue weighted by molar-refractivity contribution is 0.0991. The van der Waals surface area contributed by atoms with Crippen LogP contribution < -0.4 is 11.1 Å². The Kier molecular flexibility index (Phi) is 2.83. The normalized spacial score (nSPS) is 10.2. The van der Waals surface area contributed by atoms with Gasteiger partial charge in [-0.05, 0) is 0 Å². The van der Waals surface area contributed by atoms with E-state index in [1.807, 2.05) is 0 Å². The van der Waals surface area contributed by atoms with Gasteiger partial charge in [0.1, 0.15) is 5.69 Å². The maximum atomic E-state index is 11.6. The van der Waals surface area contributed by atoms with E-state index in [1.165, 1.54) is 16.3 Å². The number of aromatic nitrogens is 4. The summed E-state index contributed by atoms with van der Waals surface area (Å²) >= 11 is 1.11. The first-order chi connectivity index (χ1) is 8.06. The molecule has 0 aliphatic heterocycles. The molecule has 88 valence electrons. The number of nitrogens with zero attached hydrogens (tertiary/aromatic N) is 4. The van der Waals surface area contributed by atoms with E-state index in [4.69, 9.17) is 5.73 Å². The van der Waals surface area contributed by atoms with Crippen molar-refractivity contribution in [3.05, 3.63) is 23.0 Å². The maximum absolute atomic E-state index is 11.6. The van der Waals surface area contributed by atoms with Crippen molar-refractivity contribution in [3.63, 3.8) is 0 Å². The summed E-state index contributed by atoms with van der Waals surface area (Å²) < 4.78 is 1.41. The molecule has 0 saturated carbocycles.